The van der Waals surface area contributed by atoms with Crippen LogP contribution in [-0.4, -0.2) is 67.0 Å². The monoisotopic (exact) mass is 384 g/mol. The first-order valence-electron chi connectivity index (χ1n) is 9.08. The summed E-state index contributed by atoms with van der Waals surface area (Å²) in [7, 11) is -1.33. The summed E-state index contributed by atoms with van der Waals surface area (Å²) in [4.78, 5) is 6.95. The number of aryl methyl sites for hydroxylation is 1. The van der Waals surface area contributed by atoms with Gasteiger partial charge in [-0.1, -0.05) is 0 Å². The summed E-state index contributed by atoms with van der Waals surface area (Å²) in [6.07, 6.45) is 7.31. The van der Waals surface area contributed by atoms with Crippen LogP contribution in [0.1, 0.15) is 32.8 Å². The molecule has 2 N–H and O–H groups in total. The SMILES string of the molecule is CCNC(=NCC(C)(C)NS(C)(=O)=O)N1CCC(Cc2cnn(C)c2)C1. The van der Waals surface area contributed by atoms with E-state index in [1.807, 2.05) is 38.7 Å². The lowest BCUT2D eigenvalue weighted by atomic mass is 10.0. The largest absolute Gasteiger partial charge is 0.357 e. The maximum Gasteiger partial charge on any atom is 0.209 e. The molecular formula is C17H32N6O2S. The van der Waals surface area contributed by atoms with Crippen molar-refractivity contribution in [3.8, 4) is 0 Å². The van der Waals surface area contributed by atoms with Crippen molar-refractivity contribution in [1.82, 2.24) is 24.7 Å². The average molecular weight is 385 g/mol. The van der Waals surface area contributed by atoms with Crippen LogP contribution in [0.15, 0.2) is 17.4 Å². The van der Waals surface area contributed by atoms with Crippen molar-refractivity contribution in [3.05, 3.63) is 18.0 Å². The van der Waals surface area contributed by atoms with Gasteiger partial charge in [-0.2, -0.15) is 5.10 Å². The summed E-state index contributed by atoms with van der Waals surface area (Å²) < 4.78 is 27.5. The first kappa shape index (κ1) is 20.7. The molecule has 0 amide bonds. The molecule has 1 aromatic rings. The Balaban J connectivity index is 1.98. The smallest absolute Gasteiger partial charge is 0.209 e. The fourth-order valence-corrected chi connectivity index (χ4v) is 4.40. The minimum absolute atomic E-state index is 0.381. The van der Waals surface area contributed by atoms with E-state index in [0.717, 1.165) is 38.4 Å². The van der Waals surface area contributed by atoms with Gasteiger partial charge in [0.25, 0.3) is 0 Å². The molecule has 1 unspecified atom stereocenters. The van der Waals surface area contributed by atoms with E-state index < -0.39 is 15.6 Å². The molecule has 26 heavy (non-hydrogen) atoms. The second-order valence-electron chi connectivity index (χ2n) is 7.76. The van der Waals surface area contributed by atoms with Gasteiger partial charge in [0, 0.05) is 38.4 Å². The predicted octanol–water partition coefficient (Wildman–Crippen LogP) is 0.578. The molecule has 1 aliphatic heterocycles. The number of sulfonamides is 1. The number of hydrogen-bond donors (Lipinski definition) is 2. The van der Waals surface area contributed by atoms with Crippen molar-refractivity contribution in [3.63, 3.8) is 0 Å². The van der Waals surface area contributed by atoms with Gasteiger partial charge in [-0.3, -0.25) is 9.67 Å². The summed E-state index contributed by atoms with van der Waals surface area (Å²) in [6.45, 7) is 8.79. The van der Waals surface area contributed by atoms with Gasteiger partial charge in [0.05, 0.1) is 19.0 Å². The molecule has 1 fully saturated rings. The topological polar surface area (TPSA) is 91.6 Å². The molecule has 1 aromatic heterocycles. The average Bonchev–Trinajstić information content (AvgIpc) is 3.11. The van der Waals surface area contributed by atoms with Crippen molar-refractivity contribution in [2.24, 2.45) is 18.0 Å². The maximum absolute atomic E-state index is 11.5. The van der Waals surface area contributed by atoms with Gasteiger partial charge in [-0.25, -0.2) is 13.1 Å². The minimum Gasteiger partial charge on any atom is -0.357 e. The quantitative estimate of drug-likeness (QED) is 0.530. The first-order valence-corrected chi connectivity index (χ1v) is 11.0. The molecule has 0 spiro atoms. The highest BCUT2D eigenvalue weighted by Gasteiger charge is 2.27. The number of aliphatic imine (C=N–C) groups is 1. The standard InChI is InChI=1S/C17H32N6O2S/c1-6-18-16(19-13-17(2,3)21-26(5,24)25)23-8-7-14(12-23)9-15-10-20-22(4)11-15/h10-11,14,21H,6-9,12-13H2,1-5H3,(H,18,19). The van der Waals surface area contributed by atoms with Crippen LogP contribution in [-0.2, 0) is 23.5 Å². The van der Waals surface area contributed by atoms with Crippen molar-refractivity contribution < 1.29 is 8.42 Å². The molecule has 148 valence electrons. The lowest BCUT2D eigenvalue weighted by Gasteiger charge is -2.26. The summed E-state index contributed by atoms with van der Waals surface area (Å²) in [5, 5.41) is 7.57. The van der Waals surface area contributed by atoms with E-state index in [0.29, 0.717) is 12.5 Å². The molecule has 0 radical (unpaired) electrons. The van der Waals surface area contributed by atoms with Crippen LogP contribution < -0.4 is 10.0 Å². The number of rotatable bonds is 7. The molecule has 1 atom stereocenters. The zero-order valence-electron chi connectivity index (χ0n) is 16.5. The van der Waals surface area contributed by atoms with Crippen LogP contribution in [0, 0.1) is 5.92 Å². The zero-order valence-corrected chi connectivity index (χ0v) is 17.3. The van der Waals surface area contributed by atoms with Crippen LogP contribution in [0.4, 0.5) is 0 Å². The predicted molar refractivity (Wildman–Crippen MR) is 105 cm³/mol. The Morgan fingerprint density at radius 3 is 2.77 bits per heavy atom. The molecular weight excluding hydrogens is 352 g/mol. The second kappa shape index (κ2) is 8.39. The molecule has 1 aliphatic rings. The minimum atomic E-state index is -3.26. The van der Waals surface area contributed by atoms with Crippen LogP contribution in [0.2, 0.25) is 0 Å². The number of likely N-dealkylation sites (tertiary alicyclic amines) is 1. The number of nitrogens with one attached hydrogen (secondary N) is 2. The normalized spacial score (nSPS) is 19.2. The van der Waals surface area contributed by atoms with Crippen molar-refractivity contribution >= 4 is 16.0 Å². The first-order chi connectivity index (χ1) is 12.1. The van der Waals surface area contributed by atoms with Gasteiger partial charge in [0.2, 0.25) is 10.0 Å². The third-order valence-corrected chi connectivity index (χ3v) is 5.21. The lowest BCUT2D eigenvalue weighted by molar-refractivity contribution is 0.440. The van der Waals surface area contributed by atoms with Gasteiger partial charge in [0.1, 0.15) is 0 Å². The number of aromatic nitrogens is 2. The van der Waals surface area contributed by atoms with E-state index in [9.17, 15) is 8.42 Å². The van der Waals surface area contributed by atoms with Crippen molar-refractivity contribution in [1.29, 1.82) is 0 Å². The highest BCUT2D eigenvalue weighted by molar-refractivity contribution is 7.88. The Morgan fingerprint density at radius 2 is 2.19 bits per heavy atom. The fraction of sp³-hybridized carbons (Fsp3) is 0.765. The van der Waals surface area contributed by atoms with E-state index in [-0.39, 0.29) is 0 Å². The van der Waals surface area contributed by atoms with Gasteiger partial charge >= 0.3 is 0 Å². The summed E-state index contributed by atoms with van der Waals surface area (Å²) >= 11 is 0. The summed E-state index contributed by atoms with van der Waals surface area (Å²) in [5.74, 6) is 1.43. The third kappa shape index (κ3) is 6.60. The lowest BCUT2D eigenvalue weighted by Crippen LogP contribution is -2.47. The maximum atomic E-state index is 11.5. The Kier molecular flexibility index (Phi) is 6.68. The molecule has 1 saturated heterocycles. The highest BCUT2D eigenvalue weighted by atomic mass is 32.2. The van der Waals surface area contributed by atoms with Crippen LogP contribution >= 0.6 is 0 Å². The van der Waals surface area contributed by atoms with Crippen molar-refractivity contribution in [2.45, 2.75) is 39.2 Å². The Hall–Kier alpha value is -1.61. The van der Waals surface area contributed by atoms with E-state index >= 15 is 0 Å². The number of guanidine groups is 1. The fourth-order valence-electron chi connectivity index (χ4n) is 3.33. The number of hydrogen-bond acceptors (Lipinski definition) is 4. The van der Waals surface area contributed by atoms with E-state index in [4.69, 9.17) is 0 Å². The molecule has 8 nitrogen and oxygen atoms in total. The molecule has 0 aromatic carbocycles. The van der Waals surface area contributed by atoms with Gasteiger partial charge in [-0.05, 0) is 45.1 Å². The third-order valence-electron chi connectivity index (χ3n) is 4.29. The Labute approximate surface area is 157 Å². The molecule has 2 heterocycles. The van der Waals surface area contributed by atoms with Crippen molar-refractivity contribution in [2.75, 3.05) is 32.4 Å². The molecule has 9 heteroatoms. The van der Waals surface area contributed by atoms with E-state index in [2.05, 4.69) is 31.2 Å². The highest BCUT2D eigenvalue weighted by Crippen LogP contribution is 2.21. The van der Waals surface area contributed by atoms with Gasteiger partial charge in [0.15, 0.2) is 5.96 Å². The molecule has 0 aliphatic carbocycles. The second-order valence-corrected chi connectivity index (χ2v) is 9.50. The van der Waals surface area contributed by atoms with E-state index in [1.165, 1.54) is 11.8 Å². The molecule has 0 bridgehead atoms. The summed E-state index contributed by atoms with van der Waals surface area (Å²) in [6, 6.07) is 0. The van der Waals surface area contributed by atoms with Crippen LogP contribution in [0.5, 0.6) is 0 Å². The Bertz CT molecular complexity index is 725. The van der Waals surface area contributed by atoms with Gasteiger partial charge < -0.3 is 10.2 Å². The molecule has 2 rings (SSSR count). The van der Waals surface area contributed by atoms with E-state index in [1.54, 1.807) is 0 Å². The zero-order chi connectivity index (χ0) is 19.4. The van der Waals surface area contributed by atoms with Crippen LogP contribution in [0.25, 0.3) is 0 Å². The Morgan fingerprint density at radius 1 is 1.46 bits per heavy atom. The van der Waals surface area contributed by atoms with Crippen LogP contribution in [0.3, 0.4) is 0 Å². The number of nitrogens with zero attached hydrogens (tertiary/aromatic N) is 4. The molecule has 0 saturated carbocycles. The van der Waals surface area contributed by atoms with Gasteiger partial charge in [-0.15, -0.1) is 0 Å². The summed E-state index contributed by atoms with van der Waals surface area (Å²) in [5.41, 5.74) is 0.642.